The first kappa shape index (κ1) is 15.7. The number of nitrogen functional groups attached to an aromatic ring is 1. The van der Waals surface area contributed by atoms with E-state index in [9.17, 15) is 9.59 Å². The smallest absolute Gasteiger partial charge is 0.332 e. The molecule has 1 fully saturated rings. The molecule has 0 radical (unpaired) electrons. The molecule has 0 spiro atoms. The van der Waals surface area contributed by atoms with Crippen molar-refractivity contribution in [2.24, 2.45) is 13.0 Å². The van der Waals surface area contributed by atoms with Crippen molar-refractivity contribution >= 4 is 11.5 Å². The normalized spacial score (nSPS) is 22.2. The minimum Gasteiger partial charge on any atom is -0.383 e. The minimum atomic E-state index is -0.346. The summed E-state index contributed by atoms with van der Waals surface area (Å²) >= 11 is 0. The maximum atomic E-state index is 12.4. The summed E-state index contributed by atoms with van der Waals surface area (Å²) in [6.45, 7) is 4.69. The highest BCUT2D eigenvalue weighted by Gasteiger charge is 2.24. The zero-order chi connectivity index (χ0) is 15.6. The molecule has 21 heavy (non-hydrogen) atoms. The van der Waals surface area contributed by atoms with Crippen molar-refractivity contribution in [2.45, 2.75) is 58.5 Å². The molecular weight excluding hydrogens is 268 g/mol. The molecule has 1 aromatic rings. The second kappa shape index (κ2) is 6.37. The molecule has 1 saturated carbocycles. The van der Waals surface area contributed by atoms with Crippen molar-refractivity contribution in [3.8, 4) is 0 Å². The fraction of sp³-hybridized carbons (Fsp3) is 0.733. The molecule has 2 atom stereocenters. The Bertz CT molecular complexity index is 617. The van der Waals surface area contributed by atoms with Crippen LogP contribution in [0.5, 0.6) is 0 Å². The Morgan fingerprint density at radius 3 is 2.57 bits per heavy atom. The van der Waals surface area contributed by atoms with Crippen LogP contribution < -0.4 is 22.3 Å². The molecule has 2 unspecified atom stereocenters. The highest BCUT2D eigenvalue weighted by molar-refractivity contribution is 5.61. The lowest BCUT2D eigenvalue weighted by molar-refractivity contribution is 0.349. The second-order valence-electron chi connectivity index (χ2n) is 6.07. The Kier molecular flexibility index (Phi) is 4.75. The number of nitrogens with two attached hydrogens (primary N) is 1. The first-order chi connectivity index (χ1) is 9.97. The zero-order valence-corrected chi connectivity index (χ0v) is 13.2. The lowest BCUT2D eigenvalue weighted by Gasteiger charge is -2.30. The highest BCUT2D eigenvalue weighted by atomic mass is 16.2. The lowest BCUT2D eigenvalue weighted by Crippen LogP contribution is -2.43. The molecule has 6 heteroatoms. The summed E-state index contributed by atoms with van der Waals surface area (Å²) < 4.78 is 2.62. The summed E-state index contributed by atoms with van der Waals surface area (Å²) in [5.41, 5.74) is 5.79. The van der Waals surface area contributed by atoms with Gasteiger partial charge in [0.15, 0.2) is 0 Å². The van der Waals surface area contributed by atoms with Crippen LogP contribution in [0, 0.1) is 5.92 Å². The standard InChI is InChI=1S/C15H26N4O2/c1-4-9-19-13(16)12(14(20)18(3)15(19)21)17-11-8-6-5-7-10(11)2/h10-11,17H,4-9,16H2,1-3H3. The van der Waals surface area contributed by atoms with Crippen molar-refractivity contribution < 1.29 is 0 Å². The number of hydrogen-bond donors (Lipinski definition) is 2. The highest BCUT2D eigenvalue weighted by Crippen LogP contribution is 2.27. The predicted molar refractivity (Wildman–Crippen MR) is 85.7 cm³/mol. The minimum absolute atomic E-state index is 0.251. The third-order valence-corrected chi connectivity index (χ3v) is 4.47. The summed E-state index contributed by atoms with van der Waals surface area (Å²) in [6, 6.07) is 0.251. The fourth-order valence-corrected chi connectivity index (χ4v) is 3.07. The van der Waals surface area contributed by atoms with E-state index in [0.29, 0.717) is 18.2 Å². The summed E-state index contributed by atoms with van der Waals surface area (Å²) in [5, 5.41) is 3.32. The van der Waals surface area contributed by atoms with E-state index in [-0.39, 0.29) is 23.1 Å². The van der Waals surface area contributed by atoms with Gasteiger partial charge in [-0.15, -0.1) is 0 Å². The second-order valence-corrected chi connectivity index (χ2v) is 6.07. The Morgan fingerprint density at radius 1 is 1.29 bits per heavy atom. The summed E-state index contributed by atoms with van der Waals surface area (Å²) in [5.74, 6) is 0.775. The van der Waals surface area contributed by atoms with E-state index < -0.39 is 0 Å². The summed E-state index contributed by atoms with van der Waals surface area (Å²) in [6.07, 6.45) is 5.39. The predicted octanol–water partition coefficient (Wildman–Crippen LogP) is 1.53. The van der Waals surface area contributed by atoms with E-state index in [1.807, 2.05) is 6.92 Å². The Labute approximate surface area is 125 Å². The van der Waals surface area contributed by atoms with Gasteiger partial charge in [0.2, 0.25) is 0 Å². The van der Waals surface area contributed by atoms with Crippen LogP contribution in [0.3, 0.4) is 0 Å². The average molecular weight is 294 g/mol. The van der Waals surface area contributed by atoms with Crippen LogP contribution in [0.4, 0.5) is 11.5 Å². The van der Waals surface area contributed by atoms with Gasteiger partial charge in [-0.05, 0) is 25.2 Å². The van der Waals surface area contributed by atoms with Crippen LogP contribution in [0.15, 0.2) is 9.59 Å². The zero-order valence-electron chi connectivity index (χ0n) is 13.2. The molecule has 1 aliphatic carbocycles. The van der Waals surface area contributed by atoms with Crippen LogP contribution in [-0.2, 0) is 13.6 Å². The van der Waals surface area contributed by atoms with Gasteiger partial charge in [-0.25, -0.2) is 4.79 Å². The van der Waals surface area contributed by atoms with E-state index >= 15 is 0 Å². The van der Waals surface area contributed by atoms with Crippen LogP contribution in [0.25, 0.3) is 0 Å². The quantitative estimate of drug-likeness (QED) is 0.882. The van der Waals surface area contributed by atoms with Gasteiger partial charge in [-0.1, -0.05) is 26.7 Å². The molecule has 0 bridgehead atoms. The maximum absolute atomic E-state index is 12.4. The molecule has 0 aliphatic heterocycles. The SMILES string of the molecule is CCCn1c(N)c(NC2CCCCC2C)c(=O)n(C)c1=O. The number of hydrogen-bond acceptors (Lipinski definition) is 4. The summed E-state index contributed by atoms with van der Waals surface area (Å²) in [4.78, 5) is 24.5. The monoisotopic (exact) mass is 294 g/mol. The van der Waals surface area contributed by atoms with E-state index in [2.05, 4.69) is 12.2 Å². The molecule has 3 N–H and O–H groups in total. The molecule has 0 aromatic carbocycles. The maximum Gasteiger partial charge on any atom is 0.332 e. The van der Waals surface area contributed by atoms with E-state index in [1.165, 1.54) is 18.0 Å². The molecule has 0 saturated heterocycles. The van der Waals surface area contributed by atoms with Gasteiger partial charge in [-0.2, -0.15) is 0 Å². The van der Waals surface area contributed by atoms with E-state index in [4.69, 9.17) is 5.73 Å². The number of nitrogens with zero attached hydrogens (tertiary/aromatic N) is 2. The van der Waals surface area contributed by atoms with Crippen LogP contribution in [0.1, 0.15) is 46.0 Å². The van der Waals surface area contributed by atoms with Crippen molar-refractivity contribution in [1.82, 2.24) is 9.13 Å². The van der Waals surface area contributed by atoms with Gasteiger partial charge in [0.25, 0.3) is 5.56 Å². The Balaban J connectivity index is 2.43. The van der Waals surface area contributed by atoms with E-state index in [0.717, 1.165) is 30.3 Å². The molecule has 118 valence electrons. The van der Waals surface area contributed by atoms with Gasteiger partial charge in [0.1, 0.15) is 11.5 Å². The third kappa shape index (κ3) is 2.99. The first-order valence-corrected chi connectivity index (χ1v) is 7.83. The largest absolute Gasteiger partial charge is 0.383 e. The molecule has 1 aromatic heterocycles. The third-order valence-electron chi connectivity index (χ3n) is 4.47. The number of nitrogens with one attached hydrogen (secondary N) is 1. The van der Waals surface area contributed by atoms with Gasteiger partial charge in [0, 0.05) is 19.6 Å². The van der Waals surface area contributed by atoms with Gasteiger partial charge < -0.3 is 11.1 Å². The molecule has 0 amide bonds. The molecule has 1 aliphatic rings. The molecule has 2 rings (SSSR count). The van der Waals surface area contributed by atoms with Crippen LogP contribution in [0.2, 0.25) is 0 Å². The van der Waals surface area contributed by atoms with Crippen molar-refractivity contribution in [3.63, 3.8) is 0 Å². The number of anilines is 2. The lowest BCUT2D eigenvalue weighted by atomic mass is 9.86. The van der Waals surface area contributed by atoms with Crippen molar-refractivity contribution in [3.05, 3.63) is 20.8 Å². The molecule has 1 heterocycles. The molecule has 6 nitrogen and oxygen atoms in total. The Hall–Kier alpha value is -1.72. The van der Waals surface area contributed by atoms with Gasteiger partial charge in [-0.3, -0.25) is 13.9 Å². The van der Waals surface area contributed by atoms with E-state index in [1.54, 1.807) is 0 Å². The number of rotatable bonds is 4. The van der Waals surface area contributed by atoms with Gasteiger partial charge >= 0.3 is 5.69 Å². The van der Waals surface area contributed by atoms with Crippen LogP contribution in [-0.4, -0.2) is 15.2 Å². The summed E-state index contributed by atoms with van der Waals surface area (Å²) in [7, 11) is 1.51. The first-order valence-electron chi connectivity index (χ1n) is 7.83. The number of aromatic nitrogens is 2. The average Bonchev–Trinajstić information content (AvgIpc) is 2.48. The topological polar surface area (TPSA) is 82.0 Å². The van der Waals surface area contributed by atoms with Gasteiger partial charge in [0.05, 0.1) is 0 Å². The molecular formula is C15H26N4O2. The van der Waals surface area contributed by atoms with Crippen molar-refractivity contribution in [1.29, 1.82) is 0 Å². The Morgan fingerprint density at radius 2 is 1.95 bits per heavy atom. The van der Waals surface area contributed by atoms with Crippen molar-refractivity contribution in [2.75, 3.05) is 11.1 Å². The fourth-order valence-electron chi connectivity index (χ4n) is 3.07. The van der Waals surface area contributed by atoms with Crippen LogP contribution >= 0.6 is 0 Å².